The molecule has 2 aromatic heterocycles. The number of fused-ring (bicyclic) bond motifs is 9. The monoisotopic (exact) mass is 664 g/mol. The summed E-state index contributed by atoms with van der Waals surface area (Å²) in [6.07, 6.45) is 0. The number of aromatic nitrogens is 1. The molecule has 0 aliphatic rings. The van der Waals surface area contributed by atoms with Gasteiger partial charge in [0.2, 0.25) is 0 Å². The van der Waals surface area contributed by atoms with Gasteiger partial charge in [-0.05, 0) is 0 Å². The van der Waals surface area contributed by atoms with Gasteiger partial charge in [0.05, 0.1) is 0 Å². The molecule has 0 saturated heterocycles. The van der Waals surface area contributed by atoms with Crippen molar-refractivity contribution in [3.05, 3.63) is 170 Å². The van der Waals surface area contributed by atoms with Gasteiger partial charge in [-0.3, -0.25) is 0 Å². The Morgan fingerprint density at radius 1 is 0.383 bits per heavy atom. The number of hydrogen-bond donors (Lipinski definition) is 0. The summed E-state index contributed by atoms with van der Waals surface area (Å²) in [6, 6.07) is 62.4. The molecule has 2 heterocycles. The topological polar surface area (TPSA) is 8.17 Å². The van der Waals surface area contributed by atoms with Crippen molar-refractivity contribution in [2.24, 2.45) is 0 Å². The fourth-order valence-corrected chi connectivity index (χ4v) is 9.92. The van der Waals surface area contributed by atoms with Crippen LogP contribution in [0.15, 0.2) is 170 Å². The standard InChI is InChI=1S/C44H28N2Se/c1-3-13-32(14-4-1)45(34-21-19-29-20-23-38-37-17-9-10-18-43(37)47-44(38)39(29)27-34)35-22-24-36-40-25-30-11-7-8-12-31(30)26-41(40)46(42(36)28-35)33-15-5-2-6-16-33/h1-28H. The Labute approximate surface area is 278 Å². The predicted octanol–water partition coefficient (Wildman–Crippen LogP) is 11.9. The summed E-state index contributed by atoms with van der Waals surface area (Å²) < 4.78 is 5.38. The van der Waals surface area contributed by atoms with Crippen molar-refractivity contribution < 1.29 is 0 Å². The Morgan fingerprint density at radius 2 is 1.02 bits per heavy atom. The average molecular weight is 664 g/mol. The maximum atomic E-state index is 2.43. The Bertz CT molecular complexity index is 2790. The van der Waals surface area contributed by atoms with Crippen LogP contribution in [0.4, 0.5) is 17.1 Å². The summed E-state index contributed by atoms with van der Waals surface area (Å²) >= 11 is 0.278. The summed E-state index contributed by atoms with van der Waals surface area (Å²) in [4.78, 5) is 2.41. The maximum absolute atomic E-state index is 2.43. The van der Waals surface area contributed by atoms with E-state index in [4.69, 9.17) is 0 Å². The minimum atomic E-state index is 0.278. The number of anilines is 3. The van der Waals surface area contributed by atoms with Crippen LogP contribution >= 0.6 is 0 Å². The third-order valence-corrected chi connectivity index (χ3v) is 12.1. The van der Waals surface area contributed by atoms with Crippen LogP contribution in [0.3, 0.4) is 0 Å². The van der Waals surface area contributed by atoms with Gasteiger partial charge in [0.25, 0.3) is 0 Å². The molecule has 8 aromatic carbocycles. The van der Waals surface area contributed by atoms with Crippen LogP contribution in [0, 0.1) is 0 Å². The Morgan fingerprint density at radius 3 is 1.87 bits per heavy atom. The third-order valence-electron chi connectivity index (χ3n) is 9.51. The van der Waals surface area contributed by atoms with Crippen molar-refractivity contribution in [3.63, 3.8) is 0 Å². The normalized spacial score (nSPS) is 11.8. The van der Waals surface area contributed by atoms with E-state index in [1.165, 1.54) is 62.6 Å². The fraction of sp³-hybridized carbons (Fsp3) is 0. The summed E-state index contributed by atoms with van der Waals surface area (Å²) in [7, 11) is 0. The van der Waals surface area contributed by atoms with Gasteiger partial charge in [0, 0.05) is 0 Å². The van der Waals surface area contributed by atoms with Gasteiger partial charge in [-0.2, -0.15) is 0 Å². The summed E-state index contributed by atoms with van der Waals surface area (Å²) in [6.45, 7) is 0. The van der Waals surface area contributed by atoms with E-state index in [1.807, 2.05) is 0 Å². The first-order chi connectivity index (χ1) is 23.3. The van der Waals surface area contributed by atoms with E-state index in [-0.39, 0.29) is 14.5 Å². The number of para-hydroxylation sites is 2. The van der Waals surface area contributed by atoms with Crippen molar-refractivity contribution in [1.29, 1.82) is 0 Å². The van der Waals surface area contributed by atoms with E-state index in [0.717, 1.165) is 22.7 Å². The zero-order valence-electron chi connectivity index (χ0n) is 25.5. The summed E-state index contributed by atoms with van der Waals surface area (Å²) in [5.41, 5.74) is 7.01. The molecule has 10 aromatic rings. The molecule has 3 heteroatoms. The van der Waals surface area contributed by atoms with Crippen molar-refractivity contribution >= 4 is 94.2 Å². The third kappa shape index (κ3) is 4.18. The van der Waals surface area contributed by atoms with E-state index >= 15 is 0 Å². The average Bonchev–Trinajstić information content (AvgIpc) is 3.67. The first kappa shape index (κ1) is 26.6. The van der Waals surface area contributed by atoms with Crippen LogP contribution in [0.5, 0.6) is 0 Å². The molecule has 0 aliphatic carbocycles. The predicted molar refractivity (Wildman–Crippen MR) is 202 cm³/mol. The van der Waals surface area contributed by atoms with Gasteiger partial charge in [-0.1, -0.05) is 30.3 Å². The van der Waals surface area contributed by atoms with Crippen molar-refractivity contribution in [3.8, 4) is 5.69 Å². The quantitative estimate of drug-likeness (QED) is 0.170. The number of nitrogens with zero attached hydrogens (tertiary/aromatic N) is 2. The first-order valence-corrected chi connectivity index (χ1v) is 17.7. The van der Waals surface area contributed by atoms with Gasteiger partial charge < -0.3 is 0 Å². The number of hydrogen-bond acceptors (Lipinski definition) is 1. The zero-order chi connectivity index (χ0) is 30.9. The van der Waals surface area contributed by atoms with E-state index in [0.29, 0.717) is 0 Å². The van der Waals surface area contributed by atoms with Crippen LogP contribution in [-0.4, -0.2) is 19.1 Å². The summed E-state index contributed by atoms with van der Waals surface area (Å²) in [5.74, 6) is 0. The SMILES string of the molecule is c1ccc(N(c2ccc3ccc4c5ccccc5[se]c4c3c2)c2ccc3c4cc5ccccc5cc4n(-c4ccccc4)c3c2)cc1. The molecule has 0 amide bonds. The van der Waals surface area contributed by atoms with Gasteiger partial charge in [0.1, 0.15) is 0 Å². The van der Waals surface area contributed by atoms with Crippen molar-refractivity contribution in [1.82, 2.24) is 4.57 Å². The molecule has 2 nitrogen and oxygen atoms in total. The molecule has 220 valence electrons. The number of rotatable bonds is 4. The molecule has 10 rings (SSSR count). The van der Waals surface area contributed by atoms with E-state index in [2.05, 4.69) is 179 Å². The van der Waals surface area contributed by atoms with Gasteiger partial charge >= 0.3 is 249 Å². The van der Waals surface area contributed by atoms with Gasteiger partial charge in [-0.15, -0.1) is 0 Å². The van der Waals surface area contributed by atoms with Crippen LogP contribution in [-0.2, 0) is 0 Å². The summed E-state index contributed by atoms with van der Waals surface area (Å²) in [5, 5.41) is 10.4. The molecule has 0 spiro atoms. The molecular weight excluding hydrogens is 635 g/mol. The molecule has 0 saturated carbocycles. The molecule has 0 N–H and O–H groups in total. The van der Waals surface area contributed by atoms with Gasteiger partial charge in [-0.25, -0.2) is 0 Å². The van der Waals surface area contributed by atoms with Gasteiger partial charge in [0.15, 0.2) is 0 Å². The molecule has 0 unspecified atom stereocenters. The molecule has 47 heavy (non-hydrogen) atoms. The van der Waals surface area contributed by atoms with Crippen LogP contribution in [0.1, 0.15) is 0 Å². The molecular formula is C44H28N2Se. The Kier molecular flexibility index (Phi) is 5.92. The van der Waals surface area contributed by atoms with Crippen LogP contribution in [0.2, 0.25) is 0 Å². The second-order valence-electron chi connectivity index (χ2n) is 12.2. The second-order valence-corrected chi connectivity index (χ2v) is 14.4. The number of benzene rings is 8. The Balaban J connectivity index is 1.25. The molecule has 0 aliphatic heterocycles. The van der Waals surface area contributed by atoms with E-state index in [9.17, 15) is 0 Å². The molecule has 0 atom stereocenters. The second kappa shape index (κ2) is 10.5. The molecule has 0 bridgehead atoms. The van der Waals surface area contributed by atoms with E-state index in [1.54, 1.807) is 0 Å². The zero-order valence-corrected chi connectivity index (χ0v) is 27.2. The van der Waals surface area contributed by atoms with Crippen molar-refractivity contribution in [2.75, 3.05) is 4.90 Å². The molecule has 0 radical (unpaired) electrons. The van der Waals surface area contributed by atoms with Crippen molar-refractivity contribution in [2.45, 2.75) is 0 Å². The van der Waals surface area contributed by atoms with Crippen LogP contribution < -0.4 is 4.90 Å². The molecule has 0 fully saturated rings. The minimum absolute atomic E-state index is 0.278. The first-order valence-electron chi connectivity index (χ1n) is 16.0. The fourth-order valence-electron chi connectivity index (χ4n) is 7.34. The van der Waals surface area contributed by atoms with E-state index < -0.39 is 0 Å². The Hall–Kier alpha value is -5.60. The van der Waals surface area contributed by atoms with Crippen LogP contribution in [0.25, 0.3) is 68.3 Å².